The van der Waals surface area contributed by atoms with Crippen molar-refractivity contribution < 1.29 is 9.90 Å². The molecule has 2 rings (SSSR count). The first kappa shape index (κ1) is 14.3. The molecule has 0 aromatic heterocycles. The lowest BCUT2D eigenvalue weighted by Gasteiger charge is -2.25. The molecule has 4 heteroatoms. The van der Waals surface area contributed by atoms with E-state index in [0.29, 0.717) is 11.6 Å². The molecule has 3 nitrogen and oxygen atoms in total. The van der Waals surface area contributed by atoms with Crippen LogP contribution in [0.4, 0.5) is 5.69 Å². The van der Waals surface area contributed by atoms with Crippen LogP contribution in [0.5, 0.6) is 0 Å². The van der Waals surface area contributed by atoms with Gasteiger partial charge in [-0.25, -0.2) is 4.79 Å². The van der Waals surface area contributed by atoms with E-state index in [-0.39, 0.29) is 0 Å². The van der Waals surface area contributed by atoms with Crippen molar-refractivity contribution in [3.05, 3.63) is 23.8 Å². The molecular weight excluding hydrogens is 258 g/mol. The Kier molecular flexibility index (Phi) is 5.14. The first-order chi connectivity index (χ1) is 9.22. The van der Waals surface area contributed by atoms with Gasteiger partial charge in [0.1, 0.15) is 0 Å². The molecule has 0 unspecified atom stereocenters. The second kappa shape index (κ2) is 6.85. The Balaban J connectivity index is 2.22. The van der Waals surface area contributed by atoms with Crippen LogP contribution in [0.25, 0.3) is 0 Å². The molecular formula is C15H21NO2S. The van der Waals surface area contributed by atoms with Crippen LogP contribution in [0.15, 0.2) is 23.1 Å². The normalized spacial score (nSPS) is 16.3. The summed E-state index contributed by atoms with van der Waals surface area (Å²) in [5.74, 6) is 0.0440. The van der Waals surface area contributed by atoms with Gasteiger partial charge in [0.25, 0.3) is 0 Å². The summed E-state index contributed by atoms with van der Waals surface area (Å²) in [4.78, 5) is 12.4. The number of thioether (sulfide) groups is 1. The molecule has 1 aromatic rings. The highest BCUT2D eigenvalue weighted by Gasteiger charge is 2.19. The van der Waals surface area contributed by atoms with E-state index in [4.69, 9.17) is 0 Å². The van der Waals surface area contributed by atoms with Gasteiger partial charge < -0.3 is 10.4 Å². The van der Waals surface area contributed by atoms with Crippen molar-refractivity contribution in [2.24, 2.45) is 0 Å². The number of anilines is 1. The van der Waals surface area contributed by atoms with Gasteiger partial charge >= 0.3 is 5.97 Å². The number of nitrogens with one attached hydrogen (secondary N) is 1. The quantitative estimate of drug-likeness (QED) is 0.791. The van der Waals surface area contributed by atoms with Crippen molar-refractivity contribution in [2.45, 2.75) is 50.0 Å². The van der Waals surface area contributed by atoms with Crippen molar-refractivity contribution >= 4 is 23.4 Å². The Labute approximate surface area is 118 Å². The van der Waals surface area contributed by atoms with Crippen LogP contribution in [0.3, 0.4) is 0 Å². The zero-order valence-corrected chi connectivity index (χ0v) is 12.1. The largest absolute Gasteiger partial charge is 0.478 e. The minimum atomic E-state index is -0.838. The number of carboxylic acid groups (broad SMARTS) is 1. The lowest BCUT2D eigenvalue weighted by molar-refractivity contribution is 0.0694. The molecule has 19 heavy (non-hydrogen) atoms. The standard InChI is InChI=1S/C15H21NO2S/c1-2-19-13-10-6-9-12(14(13)15(17)18)16-11-7-4-3-5-8-11/h6,9-11,16H,2-5,7-8H2,1H3,(H,17,18). The van der Waals surface area contributed by atoms with Gasteiger partial charge in [-0.2, -0.15) is 0 Å². The highest BCUT2D eigenvalue weighted by molar-refractivity contribution is 7.99. The number of carbonyl (C=O) groups is 1. The summed E-state index contributed by atoms with van der Waals surface area (Å²) in [6.07, 6.45) is 6.07. The number of hydrogen-bond donors (Lipinski definition) is 2. The average Bonchev–Trinajstić information content (AvgIpc) is 2.40. The zero-order valence-electron chi connectivity index (χ0n) is 11.3. The van der Waals surface area contributed by atoms with Crippen LogP contribution in [-0.2, 0) is 0 Å². The molecule has 0 radical (unpaired) electrons. The minimum Gasteiger partial charge on any atom is -0.478 e. The Bertz CT molecular complexity index is 442. The molecule has 0 aliphatic heterocycles. The summed E-state index contributed by atoms with van der Waals surface area (Å²) in [5, 5.41) is 12.9. The van der Waals surface area contributed by atoms with Crippen molar-refractivity contribution in [3.63, 3.8) is 0 Å². The smallest absolute Gasteiger partial charge is 0.338 e. The lowest BCUT2D eigenvalue weighted by Crippen LogP contribution is -2.23. The Morgan fingerprint density at radius 3 is 2.74 bits per heavy atom. The summed E-state index contributed by atoms with van der Waals surface area (Å²) in [6.45, 7) is 2.04. The highest BCUT2D eigenvalue weighted by Crippen LogP contribution is 2.30. The molecule has 2 N–H and O–H groups in total. The third kappa shape index (κ3) is 3.66. The van der Waals surface area contributed by atoms with Gasteiger partial charge in [0.05, 0.1) is 11.3 Å². The number of rotatable bonds is 5. The van der Waals surface area contributed by atoms with E-state index in [1.54, 1.807) is 11.8 Å². The summed E-state index contributed by atoms with van der Waals surface area (Å²) in [7, 11) is 0. The van der Waals surface area contributed by atoms with Gasteiger partial charge in [-0.1, -0.05) is 32.3 Å². The maximum absolute atomic E-state index is 11.5. The Hall–Kier alpha value is -1.16. The lowest BCUT2D eigenvalue weighted by atomic mass is 9.95. The predicted molar refractivity (Wildman–Crippen MR) is 80.3 cm³/mol. The highest BCUT2D eigenvalue weighted by atomic mass is 32.2. The van der Waals surface area contributed by atoms with Crippen LogP contribution < -0.4 is 5.32 Å². The van der Waals surface area contributed by atoms with E-state index in [9.17, 15) is 9.90 Å². The van der Waals surface area contributed by atoms with Crippen LogP contribution in [0.2, 0.25) is 0 Å². The predicted octanol–water partition coefficient (Wildman–Crippen LogP) is 4.24. The number of hydrogen-bond acceptors (Lipinski definition) is 3. The van der Waals surface area contributed by atoms with Crippen LogP contribution in [0.1, 0.15) is 49.4 Å². The van der Waals surface area contributed by atoms with Gasteiger partial charge in [0.2, 0.25) is 0 Å². The molecule has 1 aliphatic rings. The first-order valence-electron chi connectivity index (χ1n) is 6.98. The summed E-state index contributed by atoms with van der Waals surface area (Å²) in [5.41, 5.74) is 1.21. The van der Waals surface area contributed by atoms with Gasteiger partial charge in [0.15, 0.2) is 0 Å². The van der Waals surface area contributed by atoms with E-state index in [1.165, 1.54) is 19.3 Å². The molecule has 0 atom stereocenters. The van der Waals surface area contributed by atoms with Crippen molar-refractivity contribution in [1.82, 2.24) is 0 Å². The Morgan fingerprint density at radius 1 is 1.37 bits per heavy atom. The number of aromatic carboxylic acids is 1. The SMILES string of the molecule is CCSc1cccc(NC2CCCCC2)c1C(=O)O. The molecule has 0 heterocycles. The van der Waals surface area contributed by atoms with E-state index in [2.05, 4.69) is 5.32 Å². The molecule has 104 valence electrons. The topological polar surface area (TPSA) is 49.3 Å². The molecule has 0 bridgehead atoms. The number of carboxylic acids is 1. The molecule has 0 saturated heterocycles. The minimum absolute atomic E-state index is 0.425. The third-order valence-corrected chi connectivity index (χ3v) is 4.44. The van der Waals surface area contributed by atoms with Crippen molar-refractivity contribution in [1.29, 1.82) is 0 Å². The number of benzene rings is 1. The molecule has 1 aliphatic carbocycles. The average molecular weight is 279 g/mol. The summed E-state index contributed by atoms with van der Waals surface area (Å²) >= 11 is 1.59. The molecule has 1 saturated carbocycles. The zero-order chi connectivity index (χ0) is 13.7. The van der Waals surface area contributed by atoms with E-state index in [1.807, 2.05) is 25.1 Å². The second-order valence-corrected chi connectivity index (χ2v) is 6.20. The maximum atomic E-state index is 11.5. The van der Waals surface area contributed by atoms with E-state index in [0.717, 1.165) is 29.2 Å². The summed E-state index contributed by atoms with van der Waals surface area (Å²) in [6, 6.07) is 6.14. The second-order valence-electron chi connectivity index (χ2n) is 4.90. The molecule has 1 aromatic carbocycles. The van der Waals surface area contributed by atoms with E-state index < -0.39 is 5.97 Å². The monoisotopic (exact) mass is 279 g/mol. The van der Waals surface area contributed by atoms with Crippen LogP contribution >= 0.6 is 11.8 Å². The van der Waals surface area contributed by atoms with Crippen LogP contribution in [-0.4, -0.2) is 22.9 Å². The fraction of sp³-hybridized carbons (Fsp3) is 0.533. The molecule has 0 amide bonds. The fourth-order valence-electron chi connectivity index (χ4n) is 2.61. The molecule has 1 fully saturated rings. The van der Waals surface area contributed by atoms with Gasteiger partial charge in [-0.15, -0.1) is 11.8 Å². The maximum Gasteiger partial charge on any atom is 0.338 e. The third-order valence-electron chi connectivity index (χ3n) is 3.50. The van der Waals surface area contributed by atoms with Crippen LogP contribution in [0, 0.1) is 0 Å². The van der Waals surface area contributed by atoms with Crippen molar-refractivity contribution in [2.75, 3.05) is 11.1 Å². The van der Waals surface area contributed by atoms with Crippen molar-refractivity contribution in [3.8, 4) is 0 Å². The van der Waals surface area contributed by atoms with E-state index >= 15 is 0 Å². The fourth-order valence-corrected chi connectivity index (χ4v) is 3.44. The Morgan fingerprint density at radius 2 is 2.11 bits per heavy atom. The summed E-state index contributed by atoms with van der Waals surface area (Å²) < 4.78 is 0. The first-order valence-corrected chi connectivity index (χ1v) is 7.96. The van der Waals surface area contributed by atoms with Gasteiger partial charge in [0, 0.05) is 10.9 Å². The van der Waals surface area contributed by atoms with Gasteiger partial charge in [-0.05, 0) is 30.7 Å². The molecule has 0 spiro atoms. The van der Waals surface area contributed by atoms with Gasteiger partial charge in [-0.3, -0.25) is 0 Å².